The summed E-state index contributed by atoms with van der Waals surface area (Å²) in [6.07, 6.45) is 2.57. The van der Waals surface area contributed by atoms with E-state index in [1.54, 1.807) is 6.07 Å². The minimum Gasteiger partial charge on any atom is -0.350 e. The quantitative estimate of drug-likeness (QED) is 0.581. The smallest absolute Gasteiger partial charge is 0.270 e. The molecular weight excluding hydrogens is 264 g/mol. The third kappa shape index (κ3) is 2.97. The van der Waals surface area contributed by atoms with Gasteiger partial charge in [0.05, 0.1) is 0 Å². The minimum atomic E-state index is -0.148. The highest BCUT2D eigenvalue weighted by Gasteiger charge is 2.28. The monoisotopic (exact) mass is 284 g/mol. The van der Waals surface area contributed by atoms with Crippen LogP contribution in [0.3, 0.4) is 0 Å². The lowest BCUT2D eigenvalue weighted by molar-refractivity contribution is 0.0942. The van der Waals surface area contributed by atoms with E-state index < -0.39 is 0 Å². The largest absolute Gasteiger partial charge is 0.350 e. The fourth-order valence-electron chi connectivity index (χ4n) is 2.60. The van der Waals surface area contributed by atoms with E-state index in [1.807, 2.05) is 24.3 Å². The third-order valence-electron chi connectivity index (χ3n) is 4.12. The molecule has 1 aromatic heterocycles. The predicted octanol–water partition coefficient (Wildman–Crippen LogP) is 2.30. The van der Waals surface area contributed by atoms with Gasteiger partial charge in [0.1, 0.15) is 11.5 Å². The minimum absolute atomic E-state index is 0.148. The van der Waals surface area contributed by atoms with Crippen molar-refractivity contribution in [1.29, 1.82) is 0 Å². The number of rotatable bonds is 5. The Balaban J connectivity index is 1.80. The van der Waals surface area contributed by atoms with Crippen molar-refractivity contribution >= 4 is 22.5 Å². The van der Waals surface area contributed by atoms with E-state index in [0.29, 0.717) is 24.0 Å². The van der Waals surface area contributed by atoms with Crippen LogP contribution in [-0.4, -0.2) is 17.4 Å². The van der Waals surface area contributed by atoms with Crippen LogP contribution in [0.15, 0.2) is 30.3 Å². The van der Waals surface area contributed by atoms with Crippen molar-refractivity contribution in [1.82, 2.24) is 10.3 Å². The Kier molecular flexibility index (Phi) is 3.75. The molecule has 1 aliphatic rings. The molecule has 1 atom stereocenters. The second-order valence-corrected chi connectivity index (χ2v) is 5.75. The van der Waals surface area contributed by atoms with Crippen LogP contribution in [-0.2, 0) is 0 Å². The van der Waals surface area contributed by atoms with E-state index in [0.717, 1.165) is 16.7 Å². The fraction of sp³-hybridized carbons (Fsp3) is 0.375. The molecule has 0 aliphatic heterocycles. The maximum atomic E-state index is 12.3. The zero-order valence-corrected chi connectivity index (χ0v) is 12.1. The lowest BCUT2D eigenvalue weighted by atomic mass is 10.1. The standard InChI is InChI=1S/C16H20N4O/c1-10(11-6-7-11)9-18-16(21)14-8-12-4-2-3-5-13(12)15(19-14)20-17/h2-5,8,10-11H,6-7,9,17H2,1H3,(H,18,21)(H,19,20). The first-order valence-electron chi connectivity index (χ1n) is 7.33. The number of fused-ring (bicyclic) bond motifs is 1. The molecule has 21 heavy (non-hydrogen) atoms. The molecule has 110 valence electrons. The van der Waals surface area contributed by atoms with Crippen molar-refractivity contribution in [3.8, 4) is 0 Å². The Bertz CT molecular complexity index is 666. The average molecular weight is 284 g/mol. The van der Waals surface area contributed by atoms with Crippen LogP contribution >= 0.6 is 0 Å². The highest BCUT2D eigenvalue weighted by molar-refractivity contribution is 6.00. The number of hydrogen-bond acceptors (Lipinski definition) is 4. The van der Waals surface area contributed by atoms with Crippen LogP contribution in [0, 0.1) is 11.8 Å². The summed E-state index contributed by atoms with van der Waals surface area (Å²) in [5, 5.41) is 4.82. The number of anilines is 1. The van der Waals surface area contributed by atoms with Gasteiger partial charge in [-0.2, -0.15) is 0 Å². The molecular formula is C16H20N4O. The van der Waals surface area contributed by atoms with E-state index in [1.165, 1.54) is 12.8 Å². The van der Waals surface area contributed by atoms with Crippen LogP contribution in [0.4, 0.5) is 5.82 Å². The zero-order chi connectivity index (χ0) is 14.8. The van der Waals surface area contributed by atoms with Gasteiger partial charge < -0.3 is 10.7 Å². The summed E-state index contributed by atoms with van der Waals surface area (Å²) in [5.74, 6) is 7.19. The lowest BCUT2D eigenvalue weighted by Crippen LogP contribution is -2.30. The van der Waals surface area contributed by atoms with Crippen molar-refractivity contribution in [2.45, 2.75) is 19.8 Å². The van der Waals surface area contributed by atoms with Crippen molar-refractivity contribution in [2.75, 3.05) is 12.0 Å². The van der Waals surface area contributed by atoms with Crippen molar-refractivity contribution < 1.29 is 4.79 Å². The average Bonchev–Trinajstić information content (AvgIpc) is 3.36. The van der Waals surface area contributed by atoms with Gasteiger partial charge in [-0.1, -0.05) is 31.2 Å². The Morgan fingerprint density at radius 2 is 2.19 bits per heavy atom. The van der Waals surface area contributed by atoms with Crippen molar-refractivity contribution in [2.24, 2.45) is 17.7 Å². The summed E-state index contributed by atoms with van der Waals surface area (Å²) in [5.41, 5.74) is 2.96. The number of amides is 1. The van der Waals surface area contributed by atoms with E-state index in [9.17, 15) is 4.79 Å². The Morgan fingerprint density at radius 3 is 2.90 bits per heavy atom. The van der Waals surface area contributed by atoms with Crippen LogP contribution in [0.5, 0.6) is 0 Å². The number of aromatic nitrogens is 1. The predicted molar refractivity (Wildman–Crippen MR) is 83.8 cm³/mol. The Hall–Kier alpha value is -2.14. The molecule has 0 spiro atoms. The summed E-state index contributed by atoms with van der Waals surface area (Å²) in [4.78, 5) is 16.6. The van der Waals surface area contributed by atoms with Crippen molar-refractivity contribution in [3.05, 3.63) is 36.0 Å². The maximum absolute atomic E-state index is 12.3. The first-order chi connectivity index (χ1) is 10.2. The molecule has 0 bridgehead atoms. The number of nitrogens with one attached hydrogen (secondary N) is 2. The highest BCUT2D eigenvalue weighted by Crippen LogP contribution is 2.36. The molecule has 1 amide bonds. The van der Waals surface area contributed by atoms with E-state index >= 15 is 0 Å². The van der Waals surface area contributed by atoms with Gasteiger partial charge in [0.25, 0.3) is 5.91 Å². The van der Waals surface area contributed by atoms with Gasteiger partial charge in [-0.15, -0.1) is 0 Å². The number of carbonyl (C=O) groups excluding carboxylic acids is 1. The summed E-state index contributed by atoms with van der Waals surface area (Å²) in [6.45, 7) is 2.88. The lowest BCUT2D eigenvalue weighted by Gasteiger charge is -2.12. The number of nitrogen functional groups attached to an aromatic ring is 1. The molecule has 4 N–H and O–H groups in total. The molecule has 1 aliphatic carbocycles. The van der Waals surface area contributed by atoms with Gasteiger partial charge in [-0.05, 0) is 36.1 Å². The molecule has 0 radical (unpaired) electrons. The van der Waals surface area contributed by atoms with Gasteiger partial charge in [0, 0.05) is 11.9 Å². The molecule has 1 unspecified atom stereocenters. The normalized spacial score (nSPS) is 15.7. The molecule has 2 aromatic rings. The Labute approximate surface area is 123 Å². The topological polar surface area (TPSA) is 80.0 Å². The van der Waals surface area contributed by atoms with E-state index in [4.69, 9.17) is 5.84 Å². The molecule has 5 nitrogen and oxygen atoms in total. The van der Waals surface area contributed by atoms with Gasteiger partial charge >= 0.3 is 0 Å². The molecule has 1 heterocycles. The van der Waals surface area contributed by atoms with Crippen LogP contribution in [0.2, 0.25) is 0 Å². The van der Waals surface area contributed by atoms with Crippen LogP contribution in [0.25, 0.3) is 10.8 Å². The maximum Gasteiger partial charge on any atom is 0.270 e. The van der Waals surface area contributed by atoms with Gasteiger partial charge in [-0.3, -0.25) is 4.79 Å². The highest BCUT2D eigenvalue weighted by atomic mass is 16.1. The zero-order valence-electron chi connectivity index (χ0n) is 12.1. The number of hydrazine groups is 1. The summed E-state index contributed by atoms with van der Waals surface area (Å²) in [6, 6.07) is 9.52. The second kappa shape index (κ2) is 5.69. The van der Waals surface area contributed by atoms with E-state index in [2.05, 4.69) is 22.7 Å². The first-order valence-corrected chi connectivity index (χ1v) is 7.33. The molecule has 3 rings (SSSR count). The summed E-state index contributed by atoms with van der Waals surface area (Å²) < 4.78 is 0. The van der Waals surface area contributed by atoms with Crippen LogP contribution < -0.4 is 16.6 Å². The molecule has 1 fully saturated rings. The Morgan fingerprint density at radius 1 is 1.43 bits per heavy atom. The molecule has 5 heteroatoms. The number of nitrogens with zero attached hydrogens (tertiary/aromatic N) is 1. The van der Waals surface area contributed by atoms with E-state index in [-0.39, 0.29) is 5.91 Å². The van der Waals surface area contributed by atoms with Crippen molar-refractivity contribution in [3.63, 3.8) is 0 Å². The number of nitrogens with two attached hydrogens (primary N) is 1. The molecule has 0 saturated heterocycles. The summed E-state index contributed by atoms with van der Waals surface area (Å²) in [7, 11) is 0. The third-order valence-corrected chi connectivity index (χ3v) is 4.12. The molecule has 1 aromatic carbocycles. The van der Waals surface area contributed by atoms with Gasteiger partial charge in [-0.25, -0.2) is 10.8 Å². The number of hydrogen-bond donors (Lipinski definition) is 3. The van der Waals surface area contributed by atoms with Crippen LogP contribution in [0.1, 0.15) is 30.3 Å². The number of carbonyl (C=O) groups is 1. The number of pyridine rings is 1. The SMILES string of the molecule is CC(CNC(=O)c1cc2ccccc2c(NN)n1)C1CC1. The first kappa shape index (κ1) is 13.8. The van der Waals surface area contributed by atoms with Gasteiger partial charge in [0.15, 0.2) is 0 Å². The molecule has 1 saturated carbocycles. The fourth-order valence-corrected chi connectivity index (χ4v) is 2.60. The van der Waals surface area contributed by atoms with Gasteiger partial charge in [0.2, 0.25) is 0 Å². The second-order valence-electron chi connectivity index (χ2n) is 5.75. The number of benzene rings is 1. The summed E-state index contributed by atoms with van der Waals surface area (Å²) >= 11 is 0.